The molecule has 1 aliphatic rings. The zero-order chi connectivity index (χ0) is 18.6. The van der Waals surface area contributed by atoms with Gasteiger partial charge in [0.2, 0.25) is 5.88 Å². The smallest absolute Gasteiger partial charge is 0.219 e. The molecule has 4 rings (SSSR count). The molecule has 27 heavy (non-hydrogen) atoms. The van der Waals surface area contributed by atoms with Crippen LogP contribution in [0.2, 0.25) is 5.02 Å². The van der Waals surface area contributed by atoms with Crippen molar-refractivity contribution in [1.82, 2.24) is 4.98 Å². The van der Waals surface area contributed by atoms with E-state index in [0.717, 1.165) is 41.2 Å². The molecule has 0 fully saturated rings. The molecule has 4 nitrogen and oxygen atoms in total. The third-order valence-corrected chi connectivity index (χ3v) is 4.69. The van der Waals surface area contributed by atoms with Crippen LogP contribution in [-0.4, -0.2) is 11.6 Å². The third-order valence-electron chi connectivity index (χ3n) is 4.46. The Morgan fingerprint density at radius 3 is 2.63 bits per heavy atom. The molecular formula is C22H20ClNO3. The van der Waals surface area contributed by atoms with Gasteiger partial charge in [0.05, 0.1) is 11.6 Å². The van der Waals surface area contributed by atoms with Crippen molar-refractivity contribution in [3.8, 4) is 23.1 Å². The van der Waals surface area contributed by atoms with E-state index in [-0.39, 0.29) is 6.10 Å². The summed E-state index contributed by atoms with van der Waals surface area (Å²) in [5, 5.41) is 0.585. The van der Waals surface area contributed by atoms with Crippen LogP contribution in [0.1, 0.15) is 30.6 Å². The summed E-state index contributed by atoms with van der Waals surface area (Å²) in [6.45, 7) is 2.65. The molecule has 0 saturated carbocycles. The van der Waals surface area contributed by atoms with Gasteiger partial charge in [0.15, 0.2) is 0 Å². The van der Waals surface area contributed by atoms with E-state index in [0.29, 0.717) is 17.5 Å². The van der Waals surface area contributed by atoms with Crippen LogP contribution in [0.5, 0.6) is 23.1 Å². The average molecular weight is 382 g/mol. The van der Waals surface area contributed by atoms with E-state index in [1.807, 2.05) is 37.3 Å². The Hall–Kier alpha value is -2.72. The molecule has 0 aliphatic carbocycles. The fraction of sp³-hybridized carbons (Fsp3) is 0.227. The topological polar surface area (TPSA) is 40.6 Å². The molecule has 0 saturated heterocycles. The lowest BCUT2D eigenvalue weighted by Gasteiger charge is -2.27. The van der Waals surface area contributed by atoms with Crippen LogP contribution in [-0.2, 0) is 6.42 Å². The van der Waals surface area contributed by atoms with Crippen LogP contribution >= 0.6 is 11.6 Å². The third kappa shape index (κ3) is 4.17. The molecule has 1 unspecified atom stereocenters. The number of halogens is 1. The van der Waals surface area contributed by atoms with E-state index >= 15 is 0 Å². The first kappa shape index (κ1) is 17.7. The molecule has 2 aromatic carbocycles. The van der Waals surface area contributed by atoms with Crippen molar-refractivity contribution < 1.29 is 14.2 Å². The minimum Gasteiger partial charge on any atom is -0.494 e. The zero-order valence-corrected chi connectivity index (χ0v) is 15.8. The Morgan fingerprint density at radius 1 is 1.07 bits per heavy atom. The summed E-state index contributed by atoms with van der Waals surface area (Å²) < 4.78 is 17.5. The highest BCUT2D eigenvalue weighted by Gasteiger charge is 2.22. The minimum atomic E-state index is 0.0536. The van der Waals surface area contributed by atoms with Crippen molar-refractivity contribution in [1.29, 1.82) is 0 Å². The van der Waals surface area contributed by atoms with Crippen molar-refractivity contribution in [3.05, 3.63) is 76.9 Å². The maximum Gasteiger partial charge on any atom is 0.219 e. The summed E-state index contributed by atoms with van der Waals surface area (Å²) in [5.41, 5.74) is 2.30. The van der Waals surface area contributed by atoms with E-state index < -0.39 is 0 Å². The summed E-state index contributed by atoms with van der Waals surface area (Å²) in [6.07, 6.45) is 3.47. The predicted molar refractivity (Wildman–Crippen MR) is 105 cm³/mol. The fourth-order valence-electron chi connectivity index (χ4n) is 3.15. The Kier molecular flexibility index (Phi) is 5.16. The SMILES string of the molecule is CCOc1ccc(C2CCc3cc(Oc4ccc(Cl)cn4)ccc3O2)cc1. The van der Waals surface area contributed by atoms with Crippen molar-refractivity contribution in [2.45, 2.75) is 25.9 Å². The lowest BCUT2D eigenvalue weighted by Crippen LogP contribution is -2.15. The second kappa shape index (κ2) is 7.89. The first-order valence-corrected chi connectivity index (χ1v) is 9.41. The average Bonchev–Trinajstić information content (AvgIpc) is 2.70. The van der Waals surface area contributed by atoms with Crippen molar-refractivity contribution >= 4 is 11.6 Å². The monoisotopic (exact) mass is 381 g/mol. The van der Waals surface area contributed by atoms with E-state index in [1.54, 1.807) is 18.3 Å². The van der Waals surface area contributed by atoms with Crippen LogP contribution in [0.4, 0.5) is 0 Å². The van der Waals surface area contributed by atoms with Gasteiger partial charge in [0.1, 0.15) is 23.4 Å². The van der Waals surface area contributed by atoms with Gasteiger partial charge in [0, 0.05) is 12.3 Å². The van der Waals surface area contributed by atoms with Crippen LogP contribution < -0.4 is 14.2 Å². The largest absolute Gasteiger partial charge is 0.494 e. The van der Waals surface area contributed by atoms with Gasteiger partial charge >= 0.3 is 0 Å². The Balaban J connectivity index is 1.46. The molecule has 0 spiro atoms. The molecule has 1 atom stereocenters. The molecule has 5 heteroatoms. The fourth-order valence-corrected chi connectivity index (χ4v) is 3.26. The number of fused-ring (bicyclic) bond motifs is 1. The normalized spacial score (nSPS) is 15.6. The van der Waals surface area contributed by atoms with Crippen LogP contribution in [0, 0.1) is 0 Å². The quantitative estimate of drug-likeness (QED) is 0.544. The van der Waals surface area contributed by atoms with Gasteiger partial charge in [-0.05, 0) is 67.3 Å². The second-order valence-corrected chi connectivity index (χ2v) is 6.77. The van der Waals surface area contributed by atoms with Crippen LogP contribution in [0.15, 0.2) is 60.8 Å². The Morgan fingerprint density at radius 2 is 1.89 bits per heavy atom. The van der Waals surface area contributed by atoms with Gasteiger partial charge in [0.25, 0.3) is 0 Å². The molecule has 3 aromatic rings. The van der Waals surface area contributed by atoms with E-state index in [4.69, 9.17) is 25.8 Å². The number of benzene rings is 2. The zero-order valence-electron chi connectivity index (χ0n) is 15.0. The molecule has 0 bridgehead atoms. The first-order chi connectivity index (χ1) is 13.2. The number of aryl methyl sites for hydroxylation is 1. The second-order valence-electron chi connectivity index (χ2n) is 6.33. The van der Waals surface area contributed by atoms with Crippen LogP contribution in [0.3, 0.4) is 0 Å². The summed E-state index contributed by atoms with van der Waals surface area (Å²) in [4.78, 5) is 4.16. The van der Waals surface area contributed by atoms with Crippen molar-refractivity contribution in [2.75, 3.05) is 6.61 Å². The molecule has 138 valence electrons. The Bertz CT molecular complexity index is 910. The maximum atomic E-state index is 6.21. The van der Waals surface area contributed by atoms with Gasteiger partial charge < -0.3 is 14.2 Å². The lowest BCUT2D eigenvalue weighted by molar-refractivity contribution is 0.176. The summed E-state index contributed by atoms with van der Waals surface area (Å²) in [6, 6.07) is 17.5. The molecule has 2 heterocycles. The van der Waals surface area contributed by atoms with Crippen LogP contribution in [0.25, 0.3) is 0 Å². The molecular weight excluding hydrogens is 362 g/mol. The minimum absolute atomic E-state index is 0.0536. The van der Waals surface area contributed by atoms with Gasteiger partial charge in [-0.15, -0.1) is 0 Å². The number of pyridine rings is 1. The van der Waals surface area contributed by atoms with Gasteiger partial charge in [-0.2, -0.15) is 0 Å². The summed E-state index contributed by atoms with van der Waals surface area (Å²) in [7, 11) is 0. The number of ether oxygens (including phenoxy) is 3. The molecule has 0 radical (unpaired) electrons. The summed E-state index contributed by atoms with van der Waals surface area (Å²) in [5.74, 6) is 3.04. The van der Waals surface area contributed by atoms with Gasteiger partial charge in [-0.1, -0.05) is 23.7 Å². The first-order valence-electron chi connectivity index (χ1n) is 9.03. The van der Waals surface area contributed by atoms with E-state index in [1.165, 1.54) is 0 Å². The highest BCUT2D eigenvalue weighted by Crippen LogP contribution is 2.37. The van der Waals surface area contributed by atoms with Gasteiger partial charge in [-0.25, -0.2) is 4.98 Å². The standard InChI is InChI=1S/C22H20ClNO3/c1-2-25-18-7-3-15(4-8-18)20-10-5-16-13-19(9-11-21(16)27-20)26-22-12-6-17(23)14-24-22/h3-4,6-9,11-14,20H,2,5,10H2,1H3. The number of rotatable bonds is 5. The highest BCUT2D eigenvalue weighted by atomic mass is 35.5. The van der Waals surface area contributed by atoms with Gasteiger partial charge in [-0.3, -0.25) is 0 Å². The molecule has 0 N–H and O–H groups in total. The predicted octanol–water partition coefficient (Wildman–Crippen LogP) is 5.99. The summed E-state index contributed by atoms with van der Waals surface area (Å²) >= 11 is 5.86. The Labute approximate surface area is 163 Å². The lowest BCUT2D eigenvalue weighted by atomic mass is 9.97. The molecule has 0 amide bonds. The number of hydrogen-bond acceptors (Lipinski definition) is 4. The number of nitrogens with zero attached hydrogens (tertiary/aromatic N) is 1. The number of aromatic nitrogens is 1. The van der Waals surface area contributed by atoms with E-state index in [9.17, 15) is 0 Å². The van der Waals surface area contributed by atoms with E-state index in [2.05, 4.69) is 17.1 Å². The molecule has 1 aliphatic heterocycles. The highest BCUT2D eigenvalue weighted by molar-refractivity contribution is 6.30. The van der Waals surface area contributed by atoms with Crippen molar-refractivity contribution in [2.24, 2.45) is 0 Å². The number of hydrogen-bond donors (Lipinski definition) is 0. The maximum absolute atomic E-state index is 6.21. The van der Waals surface area contributed by atoms with Crippen molar-refractivity contribution in [3.63, 3.8) is 0 Å². The molecule has 1 aromatic heterocycles.